The van der Waals surface area contributed by atoms with Crippen LogP contribution < -0.4 is 15.6 Å². The van der Waals surface area contributed by atoms with Gasteiger partial charge >= 0.3 is 0 Å². The number of benzene rings is 2. The summed E-state index contributed by atoms with van der Waals surface area (Å²) in [4.78, 5) is 39.7. The first-order valence-electron chi connectivity index (χ1n) is 10.3. The molecule has 1 atom stereocenters. The third kappa shape index (κ3) is 3.91. The van der Waals surface area contributed by atoms with Gasteiger partial charge in [0.05, 0.1) is 11.4 Å². The molecule has 2 aromatic carbocycles. The number of nitrogens with one attached hydrogen (secondary N) is 1. The first kappa shape index (κ1) is 21.4. The lowest BCUT2D eigenvalue weighted by atomic mass is 10.0. The predicted molar refractivity (Wildman–Crippen MR) is 119 cm³/mol. The topological polar surface area (TPSA) is 84.3 Å². The van der Waals surface area contributed by atoms with Crippen LogP contribution in [0.15, 0.2) is 53.3 Å². The highest BCUT2D eigenvalue weighted by Crippen LogP contribution is 2.30. The van der Waals surface area contributed by atoms with Crippen molar-refractivity contribution in [2.24, 2.45) is 0 Å². The Balaban J connectivity index is 1.63. The Hall–Kier alpha value is -3.81. The number of fused-ring (bicyclic) bond motifs is 1. The maximum atomic E-state index is 14.6. The van der Waals surface area contributed by atoms with Crippen molar-refractivity contribution in [1.82, 2.24) is 15.1 Å². The molecule has 1 N–H and O–H groups in total. The smallest absolute Gasteiger partial charge is 0.276 e. The van der Waals surface area contributed by atoms with Gasteiger partial charge in [-0.2, -0.15) is 5.10 Å². The summed E-state index contributed by atoms with van der Waals surface area (Å²) in [5.74, 6) is -1.67. The molecule has 164 valence electrons. The van der Waals surface area contributed by atoms with Gasteiger partial charge in [0.2, 0.25) is 11.3 Å². The highest BCUT2D eigenvalue weighted by atomic mass is 19.1. The van der Waals surface area contributed by atoms with Crippen molar-refractivity contribution in [2.45, 2.75) is 32.7 Å². The fraction of sp³-hybridized carbons (Fsp3) is 0.250. The first-order chi connectivity index (χ1) is 15.3. The van der Waals surface area contributed by atoms with Gasteiger partial charge in [0.1, 0.15) is 11.9 Å². The van der Waals surface area contributed by atoms with E-state index >= 15 is 0 Å². The molecule has 4 rings (SSSR count). The summed E-state index contributed by atoms with van der Waals surface area (Å²) < 4.78 is 16.1. The Morgan fingerprint density at radius 1 is 1.12 bits per heavy atom. The van der Waals surface area contributed by atoms with Crippen LogP contribution in [0.2, 0.25) is 0 Å². The largest absolute Gasteiger partial charge is 0.339 e. The van der Waals surface area contributed by atoms with Crippen molar-refractivity contribution in [3.05, 3.63) is 87.1 Å². The number of carbonyl (C=O) groups is 2. The first-order valence-corrected chi connectivity index (χ1v) is 10.3. The van der Waals surface area contributed by atoms with E-state index in [0.29, 0.717) is 23.4 Å². The maximum absolute atomic E-state index is 14.6. The van der Waals surface area contributed by atoms with Crippen LogP contribution in [0.4, 0.5) is 10.1 Å². The number of aryl methyl sites for hydroxylation is 3. The molecule has 0 saturated carbocycles. The van der Waals surface area contributed by atoms with Crippen molar-refractivity contribution in [2.75, 3.05) is 11.9 Å². The van der Waals surface area contributed by atoms with Gasteiger partial charge in [-0.25, -0.2) is 9.07 Å². The van der Waals surface area contributed by atoms with Crippen molar-refractivity contribution in [3.63, 3.8) is 0 Å². The quantitative estimate of drug-likeness (QED) is 0.687. The second-order valence-corrected chi connectivity index (χ2v) is 7.96. The predicted octanol–water partition coefficient (Wildman–Crippen LogP) is 2.70. The zero-order valence-electron chi connectivity index (χ0n) is 18.1. The molecule has 0 radical (unpaired) electrons. The summed E-state index contributed by atoms with van der Waals surface area (Å²) in [6, 6.07) is 12.8. The molecule has 32 heavy (non-hydrogen) atoms. The van der Waals surface area contributed by atoms with Crippen molar-refractivity contribution in [1.29, 1.82) is 0 Å². The monoisotopic (exact) mass is 434 g/mol. The van der Waals surface area contributed by atoms with E-state index in [9.17, 15) is 18.8 Å². The van der Waals surface area contributed by atoms with Crippen LogP contribution in [-0.2, 0) is 11.2 Å². The zero-order valence-corrected chi connectivity index (χ0v) is 18.1. The van der Waals surface area contributed by atoms with E-state index in [4.69, 9.17) is 0 Å². The second kappa shape index (κ2) is 8.37. The Morgan fingerprint density at radius 2 is 1.84 bits per heavy atom. The van der Waals surface area contributed by atoms with Crippen molar-refractivity contribution >= 4 is 17.5 Å². The van der Waals surface area contributed by atoms with Crippen LogP contribution in [-0.4, -0.2) is 34.7 Å². The number of nitrogens with zero attached hydrogens (tertiary/aromatic N) is 3. The van der Waals surface area contributed by atoms with Crippen LogP contribution in [0, 0.1) is 19.7 Å². The number of rotatable bonds is 3. The van der Waals surface area contributed by atoms with E-state index < -0.39 is 29.1 Å². The highest BCUT2D eigenvalue weighted by Gasteiger charge is 2.32. The van der Waals surface area contributed by atoms with Crippen molar-refractivity contribution < 1.29 is 14.0 Å². The van der Waals surface area contributed by atoms with E-state index in [1.807, 2.05) is 36.4 Å². The molecule has 0 spiro atoms. The van der Waals surface area contributed by atoms with Crippen LogP contribution >= 0.6 is 0 Å². The highest BCUT2D eigenvalue weighted by molar-refractivity contribution is 6.02. The number of anilines is 1. The fourth-order valence-electron chi connectivity index (χ4n) is 4.04. The summed E-state index contributed by atoms with van der Waals surface area (Å²) in [5, 5.41) is 6.88. The standard InChI is InChI=1S/C24H23FN4O3/c1-14-11-16-9-10-19(24(32)28(3)22(16)18(25)12-14)26-23(31)21-20(30)13-15(2)29(27-21)17-7-5-4-6-8-17/h4-8,11-13,19H,9-10H2,1-3H3,(H,26,31). The lowest BCUT2D eigenvalue weighted by Gasteiger charge is -2.22. The molecule has 2 amide bonds. The van der Waals surface area contributed by atoms with Gasteiger partial charge in [0, 0.05) is 18.8 Å². The molecule has 2 heterocycles. The number of likely N-dealkylation sites (N-methyl/N-ethyl adjacent to an activating group) is 1. The van der Waals surface area contributed by atoms with Crippen molar-refractivity contribution in [3.8, 4) is 5.69 Å². The fourth-order valence-corrected chi connectivity index (χ4v) is 4.04. The Kier molecular flexibility index (Phi) is 5.61. The summed E-state index contributed by atoms with van der Waals surface area (Å²) >= 11 is 0. The maximum Gasteiger partial charge on any atom is 0.276 e. The van der Waals surface area contributed by atoms with E-state index in [1.165, 1.54) is 28.8 Å². The second-order valence-electron chi connectivity index (χ2n) is 7.96. The number of hydrogen-bond donors (Lipinski definition) is 1. The van der Waals surface area contributed by atoms with Gasteiger partial charge in [-0.15, -0.1) is 0 Å². The van der Waals surface area contributed by atoms with Crippen LogP contribution in [0.3, 0.4) is 0 Å². The van der Waals surface area contributed by atoms with E-state index in [2.05, 4.69) is 10.4 Å². The molecular formula is C24H23FN4O3. The lowest BCUT2D eigenvalue weighted by molar-refractivity contribution is -0.120. The van der Waals surface area contributed by atoms with Gasteiger partial charge in [0.15, 0.2) is 5.69 Å². The Labute approximate surface area is 184 Å². The zero-order chi connectivity index (χ0) is 23.0. The number of hydrogen-bond acceptors (Lipinski definition) is 4. The molecule has 0 bridgehead atoms. The number of aromatic nitrogens is 2. The van der Waals surface area contributed by atoms with Gasteiger partial charge in [0.25, 0.3) is 5.91 Å². The SMILES string of the molecule is Cc1cc(F)c2c(c1)CCC(NC(=O)c1nn(-c3ccccc3)c(C)cc1=O)C(=O)N2C. The molecule has 8 heteroatoms. The normalized spacial score (nSPS) is 15.8. The van der Waals surface area contributed by atoms with E-state index in [0.717, 1.165) is 5.56 Å². The molecule has 0 saturated heterocycles. The number of para-hydroxylation sites is 1. The lowest BCUT2D eigenvalue weighted by Crippen LogP contribution is -2.48. The number of amides is 2. The third-order valence-electron chi connectivity index (χ3n) is 5.58. The average molecular weight is 434 g/mol. The van der Waals surface area contributed by atoms with Gasteiger partial charge < -0.3 is 10.2 Å². The van der Waals surface area contributed by atoms with Gasteiger partial charge in [-0.1, -0.05) is 24.3 Å². The third-order valence-corrected chi connectivity index (χ3v) is 5.58. The summed E-state index contributed by atoms with van der Waals surface area (Å²) in [7, 11) is 1.48. The van der Waals surface area contributed by atoms with Crippen LogP contribution in [0.1, 0.15) is 33.7 Å². The molecule has 1 aromatic heterocycles. The summed E-state index contributed by atoms with van der Waals surface area (Å²) in [5.41, 5.74) is 2.11. The van der Waals surface area contributed by atoms with Crippen LogP contribution in [0.5, 0.6) is 0 Å². The molecule has 1 unspecified atom stereocenters. The molecule has 0 fully saturated rings. The van der Waals surface area contributed by atoms with E-state index in [1.54, 1.807) is 13.8 Å². The van der Waals surface area contributed by atoms with E-state index in [-0.39, 0.29) is 17.8 Å². The molecule has 1 aliphatic rings. The number of carbonyl (C=O) groups excluding carboxylic acids is 2. The van der Waals surface area contributed by atoms with Crippen LogP contribution in [0.25, 0.3) is 5.69 Å². The van der Waals surface area contributed by atoms with Gasteiger partial charge in [-0.05, 0) is 56.0 Å². The minimum absolute atomic E-state index is 0.220. The van der Waals surface area contributed by atoms with Gasteiger partial charge in [-0.3, -0.25) is 14.4 Å². The molecule has 3 aromatic rings. The molecule has 0 aliphatic carbocycles. The Morgan fingerprint density at radius 3 is 2.56 bits per heavy atom. The Bertz CT molecular complexity index is 1270. The molecule has 1 aliphatic heterocycles. The minimum atomic E-state index is -0.910. The number of halogens is 1. The average Bonchev–Trinajstić information content (AvgIpc) is 2.86. The summed E-state index contributed by atoms with van der Waals surface area (Å²) in [6.45, 7) is 3.51. The summed E-state index contributed by atoms with van der Waals surface area (Å²) in [6.07, 6.45) is 0.689. The minimum Gasteiger partial charge on any atom is -0.339 e. The molecular weight excluding hydrogens is 411 g/mol. The molecule has 7 nitrogen and oxygen atoms in total.